The molecular formula is C10H14ClNOS. The van der Waals surface area contributed by atoms with Gasteiger partial charge in [-0.15, -0.1) is 11.3 Å². The monoisotopic (exact) mass is 231 g/mol. The van der Waals surface area contributed by atoms with Gasteiger partial charge in [-0.2, -0.15) is 0 Å². The molecule has 0 aliphatic carbocycles. The standard InChI is InChI=1S/C10H14ClNOS/c1-3-12(4-2)7-8(13)9-5-6-10(11)14-9/h5-6H,3-4,7H2,1-2H3. The minimum absolute atomic E-state index is 0.158. The number of carbonyl (C=O) groups is 1. The summed E-state index contributed by atoms with van der Waals surface area (Å²) in [6.07, 6.45) is 0. The number of nitrogens with zero attached hydrogens (tertiary/aromatic N) is 1. The lowest BCUT2D eigenvalue weighted by atomic mass is 10.3. The van der Waals surface area contributed by atoms with Gasteiger partial charge >= 0.3 is 0 Å². The van der Waals surface area contributed by atoms with Gasteiger partial charge in [0.25, 0.3) is 0 Å². The molecule has 0 amide bonds. The van der Waals surface area contributed by atoms with E-state index in [4.69, 9.17) is 11.6 Å². The first-order valence-corrected chi connectivity index (χ1v) is 5.87. The van der Waals surface area contributed by atoms with E-state index >= 15 is 0 Å². The Morgan fingerprint density at radius 1 is 1.43 bits per heavy atom. The normalized spacial score (nSPS) is 10.9. The Bertz CT molecular complexity index is 307. The van der Waals surface area contributed by atoms with Gasteiger partial charge in [0.05, 0.1) is 15.8 Å². The molecule has 0 aliphatic rings. The molecule has 0 fully saturated rings. The number of thiophene rings is 1. The van der Waals surface area contributed by atoms with E-state index in [9.17, 15) is 4.79 Å². The summed E-state index contributed by atoms with van der Waals surface area (Å²) in [5.74, 6) is 0.158. The first-order chi connectivity index (χ1) is 6.67. The molecule has 0 aromatic carbocycles. The minimum Gasteiger partial charge on any atom is -0.296 e. The zero-order valence-corrected chi connectivity index (χ0v) is 9.99. The summed E-state index contributed by atoms with van der Waals surface area (Å²) in [4.78, 5) is 14.5. The lowest BCUT2D eigenvalue weighted by Gasteiger charge is -2.15. The summed E-state index contributed by atoms with van der Waals surface area (Å²) in [7, 11) is 0. The van der Waals surface area contributed by atoms with Crippen LogP contribution in [0.2, 0.25) is 4.34 Å². The van der Waals surface area contributed by atoms with Gasteiger partial charge in [0, 0.05) is 0 Å². The Morgan fingerprint density at radius 3 is 2.50 bits per heavy atom. The molecule has 0 saturated carbocycles. The maximum absolute atomic E-state index is 11.7. The highest BCUT2D eigenvalue weighted by Crippen LogP contribution is 2.21. The highest BCUT2D eigenvalue weighted by Gasteiger charge is 2.11. The first-order valence-electron chi connectivity index (χ1n) is 4.68. The molecule has 0 saturated heterocycles. The largest absolute Gasteiger partial charge is 0.296 e. The van der Waals surface area contributed by atoms with Crippen molar-refractivity contribution in [2.24, 2.45) is 0 Å². The van der Waals surface area contributed by atoms with Crippen molar-refractivity contribution in [1.29, 1.82) is 0 Å². The molecule has 0 aliphatic heterocycles. The first kappa shape index (κ1) is 11.7. The topological polar surface area (TPSA) is 20.3 Å². The quantitative estimate of drug-likeness (QED) is 0.727. The highest BCUT2D eigenvalue weighted by molar-refractivity contribution is 7.18. The highest BCUT2D eigenvalue weighted by atomic mass is 35.5. The number of likely N-dealkylation sites (N-methyl/N-ethyl adjacent to an activating group) is 1. The van der Waals surface area contributed by atoms with E-state index in [1.54, 1.807) is 12.1 Å². The van der Waals surface area contributed by atoms with Crippen LogP contribution in [0.25, 0.3) is 0 Å². The van der Waals surface area contributed by atoms with E-state index < -0.39 is 0 Å². The Kier molecular flexibility index (Phi) is 4.58. The third-order valence-corrected chi connectivity index (χ3v) is 3.38. The summed E-state index contributed by atoms with van der Waals surface area (Å²) in [6, 6.07) is 3.56. The average Bonchev–Trinajstić information content (AvgIpc) is 2.61. The molecule has 0 radical (unpaired) electrons. The van der Waals surface area contributed by atoms with E-state index in [0.717, 1.165) is 18.0 Å². The van der Waals surface area contributed by atoms with Crippen molar-refractivity contribution in [3.05, 3.63) is 21.3 Å². The van der Waals surface area contributed by atoms with Crippen molar-refractivity contribution in [2.75, 3.05) is 19.6 Å². The minimum atomic E-state index is 0.158. The van der Waals surface area contributed by atoms with Crippen LogP contribution in [0.4, 0.5) is 0 Å². The number of hydrogen-bond donors (Lipinski definition) is 0. The van der Waals surface area contributed by atoms with Crippen molar-refractivity contribution >= 4 is 28.7 Å². The number of Topliss-reactive ketones (excluding diaryl/α,β-unsaturated/α-hetero) is 1. The molecule has 0 bridgehead atoms. The van der Waals surface area contributed by atoms with Crippen LogP contribution in [-0.4, -0.2) is 30.3 Å². The van der Waals surface area contributed by atoms with Crippen molar-refractivity contribution in [3.8, 4) is 0 Å². The second-order valence-corrected chi connectivity index (χ2v) is 4.70. The fourth-order valence-corrected chi connectivity index (χ4v) is 2.17. The summed E-state index contributed by atoms with van der Waals surface area (Å²) >= 11 is 7.11. The average molecular weight is 232 g/mol. The van der Waals surface area contributed by atoms with Crippen molar-refractivity contribution < 1.29 is 4.79 Å². The van der Waals surface area contributed by atoms with E-state index in [1.165, 1.54) is 11.3 Å². The zero-order valence-electron chi connectivity index (χ0n) is 8.42. The second-order valence-electron chi connectivity index (χ2n) is 2.99. The van der Waals surface area contributed by atoms with Gasteiger partial charge in [-0.25, -0.2) is 0 Å². The molecule has 0 atom stereocenters. The molecule has 14 heavy (non-hydrogen) atoms. The van der Waals surface area contributed by atoms with Gasteiger partial charge in [-0.3, -0.25) is 9.69 Å². The SMILES string of the molecule is CCN(CC)CC(=O)c1ccc(Cl)s1. The molecule has 1 heterocycles. The Labute approximate surface area is 93.5 Å². The van der Waals surface area contributed by atoms with Crippen LogP contribution >= 0.6 is 22.9 Å². The predicted molar refractivity (Wildman–Crippen MR) is 61.4 cm³/mol. The van der Waals surface area contributed by atoms with Crippen LogP contribution in [0.3, 0.4) is 0 Å². The van der Waals surface area contributed by atoms with Gasteiger partial charge in [-0.05, 0) is 25.2 Å². The lowest BCUT2D eigenvalue weighted by Crippen LogP contribution is -2.29. The Hall–Kier alpha value is -0.380. The van der Waals surface area contributed by atoms with E-state index in [1.807, 2.05) is 0 Å². The van der Waals surface area contributed by atoms with Crippen molar-refractivity contribution in [2.45, 2.75) is 13.8 Å². The summed E-state index contributed by atoms with van der Waals surface area (Å²) in [6.45, 7) is 6.41. The predicted octanol–water partition coefficient (Wildman–Crippen LogP) is 2.93. The molecule has 0 spiro atoms. The third-order valence-electron chi connectivity index (χ3n) is 2.11. The van der Waals surface area contributed by atoms with Gasteiger partial charge in [0.1, 0.15) is 0 Å². The van der Waals surface area contributed by atoms with Crippen molar-refractivity contribution in [1.82, 2.24) is 4.90 Å². The van der Waals surface area contributed by atoms with Crippen LogP contribution in [0.5, 0.6) is 0 Å². The van der Waals surface area contributed by atoms with Gasteiger partial charge in [0.2, 0.25) is 0 Å². The van der Waals surface area contributed by atoms with Crippen LogP contribution in [0.15, 0.2) is 12.1 Å². The fourth-order valence-electron chi connectivity index (χ4n) is 1.19. The van der Waals surface area contributed by atoms with Crippen LogP contribution in [0, 0.1) is 0 Å². The Morgan fingerprint density at radius 2 is 2.07 bits per heavy atom. The smallest absolute Gasteiger partial charge is 0.186 e. The van der Waals surface area contributed by atoms with Gasteiger partial charge in [0.15, 0.2) is 5.78 Å². The van der Waals surface area contributed by atoms with E-state index in [-0.39, 0.29) is 5.78 Å². The zero-order chi connectivity index (χ0) is 10.6. The molecular weight excluding hydrogens is 218 g/mol. The number of rotatable bonds is 5. The van der Waals surface area contributed by atoms with Gasteiger partial charge < -0.3 is 0 Å². The molecule has 2 nitrogen and oxygen atoms in total. The number of carbonyl (C=O) groups excluding carboxylic acids is 1. The molecule has 1 aromatic rings. The maximum atomic E-state index is 11.7. The molecule has 78 valence electrons. The summed E-state index contributed by atoms with van der Waals surface area (Å²) < 4.78 is 0.674. The van der Waals surface area contributed by atoms with Crippen LogP contribution in [-0.2, 0) is 0 Å². The number of hydrogen-bond acceptors (Lipinski definition) is 3. The third kappa shape index (κ3) is 3.08. The van der Waals surface area contributed by atoms with Crippen LogP contribution < -0.4 is 0 Å². The maximum Gasteiger partial charge on any atom is 0.186 e. The molecule has 0 N–H and O–H groups in total. The molecule has 4 heteroatoms. The number of halogens is 1. The van der Waals surface area contributed by atoms with Crippen molar-refractivity contribution in [3.63, 3.8) is 0 Å². The summed E-state index contributed by atoms with van der Waals surface area (Å²) in [5.41, 5.74) is 0. The van der Waals surface area contributed by atoms with E-state index in [0.29, 0.717) is 10.9 Å². The van der Waals surface area contributed by atoms with Crippen LogP contribution in [0.1, 0.15) is 23.5 Å². The van der Waals surface area contributed by atoms with Gasteiger partial charge in [-0.1, -0.05) is 25.4 Å². The molecule has 1 aromatic heterocycles. The fraction of sp³-hybridized carbons (Fsp3) is 0.500. The molecule has 0 unspecified atom stereocenters. The molecule has 1 rings (SSSR count). The second kappa shape index (κ2) is 5.49. The lowest BCUT2D eigenvalue weighted by molar-refractivity contribution is 0.0941. The Balaban J connectivity index is 2.58. The van der Waals surface area contributed by atoms with E-state index in [2.05, 4.69) is 18.7 Å². The summed E-state index contributed by atoms with van der Waals surface area (Å²) in [5, 5.41) is 0. The number of ketones is 1.